The van der Waals surface area contributed by atoms with Gasteiger partial charge in [0.1, 0.15) is 0 Å². The molecule has 2 aliphatic heterocycles. The number of thiol groups is 1. The predicted molar refractivity (Wildman–Crippen MR) is 54.3 cm³/mol. The summed E-state index contributed by atoms with van der Waals surface area (Å²) in [5, 5.41) is 3.52. The molecule has 2 rings (SSSR count). The summed E-state index contributed by atoms with van der Waals surface area (Å²) in [5.74, 6) is 0. The van der Waals surface area contributed by atoms with Gasteiger partial charge in [0, 0.05) is 19.6 Å². The van der Waals surface area contributed by atoms with Crippen molar-refractivity contribution in [2.45, 2.75) is 25.7 Å². The first-order chi connectivity index (χ1) is 5.81. The lowest BCUT2D eigenvalue weighted by molar-refractivity contribution is 0.122. The van der Waals surface area contributed by atoms with Gasteiger partial charge in [-0.1, -0.05) is 12.8 Å². The molecule has 70 valence electrons. The molecule has 0 bridgehead atoms. The highest BCUT2D eigenvalue weighted by Crippen LogP contribution is 2.37. The average Bonchev–Trinajstić information content (AvgIpc) is 2.13. The lowest BCUT2D eigenvalue weighted by Gasteiger charge is -2.43. The topological polar surface area (TPSA) is 15.3 Å². The van der Waals surface area contributed by atoms with Crippen LogP contribution in [-0.2, 0) is 0 Å². The van der Waals surface area contributed by atoms with Gasteiger partial charge < -0.3 is 5.32 Å². The van der Waals surface area contributed by atoms with Gasteiger partial charge in [-0.05, 0) is 37.6 Å². The lowest BCUT2D eigenvalue weighted by Crippen LogP contribution is -2.46. The van der Waals surface area contributed by atoms with Crippen LogP contribution in [0.5, 0.6) is 0 Å². The first-order valence-electron chi connectivity index (χ1n) is 4.95. The summed E-state index contributed by atoms with van der Waals surface area (Å²) in [6, 6.07) is 0. The van der Waals surface area contributed by atoms with Gasteiger partial charge in [-0.15, -0.1) is 0 Å². The quantitative estimate of drug-likeness (QED) is 0.554. The van der Waals surface area contributed by atoms with Crippen molar-refractivity contribution in [3.8, 4) is 0 Å². The molecule has 0 aromatic carbocycles. The third-order valence-electron chi connectivity index (χ3n) is 3.36. The number of nitrogens with zero attached hydrogens (tertiary/aromatic N) is 1. The van der Waals surface area contributed by atoms with Gasteiger partial charge in [-0.25, -0.2) is 0 Å². The van der Waals surface area contributed by atoms with Crippen molar-refractivity contribution in [3.05, 3.63) is 0 Å². The van der Waals surface area contributed by atoms with Crippen LogP contribution in [0.15, 0.2) is 0 Å². The second-order valence-corrected chi connectivity index (χ2v) is 4.80. The van der Waals surface area contributed by atoms with Crippen molar-refractivity contribution < 1.29 is 0 Å². The molecule has 2 fully saturated rings. The van der Waals surface area contributed by atoms with Crippen LogP contribution in [0.2, 0.25) is 0 Å². The number of nitrogens with one attached hydrogen (secondary N) is 1. The Balaban J connectivity index is 1.92. The van der Waals surface area contributed by atoms with Crippen molar-refractivity contribution in [3.63, 3.8) is 0 Å². The number of hydrogen-bond donors (Lipinski definition) is 2. The molecule has 0 aliphatic carbocycles. The summed E-state index contributed by atoms with van der Waals surface area (Å²) in [5.41, 5.74) is 0.636. The molecule has 2 aliphatic rings. The van der Waals surface area contributed by atoms with Crippen LogP contribution < -0.4 is 5.32 Å². The van der Waals surface area contributed by atoms with Gasteiger partial charge in [-0.3, -0.25) is 4.31 Å². The SMILES string of the molecule is SN1CCC2(CCCNC2)CC1. The highest BCUT2D eigenvalue weighted by Gasteiger charge is 2.34. The molecule has 0 saturated carbocycles. The minimum atomic E-state index is 0.636. The summed E-state index contributed by atoms with van der Waals surface area (Å²) in [4.78, 5) is 0. The van der Waals surface area contributed by atoms with Crippen LogP contribution in [0.4, 0.5) is 0 Å². The van der Waals surface area contributed by atoms with Crippen LogP contribution in [0.1, 0.15) is 25.7 Å². The molecule has 2 saturated heterocycles. The Labute approximate surface area is 80.2 Å². The van der Waals surface area contributed by atoms with Crippen molar-refractivity contribution >= 4 is 12.8 Å². The van der Waals surface area contributed by atoms with Crippen molar-refractivity contribution in [1.82, 2.24) is 9.62 Å². The van der Waals surface area contributed by atoms with Crippen LogP contribution in [-0.4, -0.2) is 30.5 Å². The van der Waals surface area contributed by atoms with Crippen molar-refractivity contribution in [1.29, 1.82) is 0 Å². The highest BCUT2D eigenvalue weighted by molar-refractivity contribution is 7.77. The summed E-state index contributed by atoms with van der Waals surface area (Å²) in [6.07, 6.45) is 5.47. The van der Waals surface area contributed by atoms with Gasteiger partial charge >= 0.3 is 0 Å². The second kappa shape index (κ2) is 3.56. The van der Waals surface area contributed by atoms with Gasteiger partial charge in [0.2, 0.25) is 0 Å². The largest absolute Gasteiger partial charge is 0.316 e. The zero-order valence-corrected chi connectivity index (χ0v) is 8.45. The minimum Gasteiger partial charge on any atom is -0.316 e. The van der Waals surface area contributed by atoms with E-state index in [4.69, 9.17) is 0 Å². The molecule has 0 amide bonds. The normalized spacial score (nSPS) is 30.8. The lowest BCUT2D eigenvalue weighted by atomic mass is 9.73. The molecule has 1 spiro atoms. The van der Waals surface area contributed by atoms with Crippen LogP contribution in [0.25, 0.3) is 0 Å². The molecule has 12 heavy (non-hydrogen) atoms. The van der Waals surface area contributed by atoms with E-state index >= 15 is 0 Å². The summed E-state index contributed by atoms with van der Waals surface area (Å²) in [6.45, 7) is 4.82. The van der Waals surface area contributed by atoms with Gasteiger partial charge in [0.25, 0.3) is 0 Å². The molecule has 0 aromatic rings. The molecule has 0 atom stereocenters. The van der Waals surface area contributed by atoms with E-state index in [1.807, 2.05) is 0 Å². The fourth-order valence-corrected chi connectivity index (χ4v) is 2.63. The monoisotopic (exact) mass is 186 g/mol. The fraction of sp³-hybridized carbons (Fsp3) is 1.00. The van der Waals surface area contributed by atoms with Crippen LogP contribution in [0, 0.1) is 5.41 Å². The molecule has 0 aromatic heterocycles. The van der Waals surface area contributed by atoms with E-state index in [0.29, 0.717) is 5.41 Å². The molecular formula is C9H18N2S. The molecule has 0 unspecified atom stereocenters. The molecule has 2 nitrogen and oxygen atoms in total. The minimum absolute atomic E-state index is 0.636. The first-order valence-corrected chi connectivity index (χ1v) is 5.35. The Kier molecular flexibility index (Phi) is 2.63. The van der Waals surface area contributed by atoms with Crippen LogP contribution >= 0.6 is 12.8 Å². The number of rotatable bonds is 0. The van der Waals surface area contributed by atoms with E-state index in [1.54, 1.807) is 0 Å². The summed E-state index contributed by atoms with van der Waals surface area (Å²) >= 11 is 4.38. The van der Waals surface area contributed by atoms with E-state index in [2.05, 4.69) is 22.4 Å². The fourth-order valence-electron chi connectivity index (χ4n) is 2.43. The van der Waals surface area contributed by atoms with Gasteiger partial charge in [-0.2, -0.15) is 0 Å². The van der Waals surface area contributed by atoms with E-state index in [-0.39, 0.29) is 0 Å². The molecular weight excluding hydrogens is 168 g/mol. The molecule has 3 heteroatoms. The van der Waals surface area contributed by atoms with Crippen molar-refractivity contribution in [2.75, 3.05) is 26.2 Å². The van der Waals surface area contributed by atoms with E-state index < -0.39 is 0 Å². The maximum absolute atomic E-state index is 4.38. The summed E-state index contributed by atoms with van der Waals surface area (Å²) < 4.78 is 2.15. The maximum atomic E-state index is 4.38. The van der Waals surface area contributed by atoms with Gasteiger partial charge in [0.05, 0.1) is 0 Å². The molecule has 2 heterocycles. The first kappa shape index (κ1) is 8.85. The smallest absolute Gasteiger partial charge is 0.00927 e. The van der Waals surface area contributed by atoms with Crippen molar-refractivity contribution in [2.24, 2.45) is 5.41 Å². The second-order valence-electron chi connectivity index (χ2n) is 4.23. The zero-order valence-electron chi connectivity index (χ0n) is 7.55. The Morgan fingerprint density at radius 3 is 2.50 bits per heavy atom. The van der Waals surface area contributed by atoms with Crippen LogP contribution in [0.3, 0.4) is 0 Å². The Bertz CT molecular complexity index is 145. The zero-order chi connectivity index (χ0) is 8.44. The highest BCUT2D eigenvalue weighted by atomic mass is 32.1. The molecule has 0 radical (unpaired) electrons. The van der Waals surface area contributed by atoms with E-state index in [9.17, 15) is 0 Å². The third-order valence-corrected chi connectivity index (χ3v) is 3.76. The van der Waals surface area contributed by atoms with E-state index in [1.165, 1.54) is 51.9 Å². The standard InChI is InChI=1S/C9H18N2S/c12-11-6-3-9(4-7-11)2-1-5-10-8-9/h10,12H,1-8H2. The summed E-state index contributed by atoms with van der Waals surface area (Å²) in [7, 11) is 0. The third kappa shape index (κ3) is 1.78. The maximum Gasteiger partial charge on any atom is 0.00927 e. The Hall–Kier alpha value is 0.270. The predicted octanol–water partition coefficient (Wildman–Crippen LogP) is 1.30. The number of hydrogen-bond acceptors (Lipinski definition) is 3. The van der Waals surface area contributed by atoms with E-state index in [0.717, 1.165) is 0 Å². The molecule has 1 N–H and O–H groups in total. The Morgan fingerprint density at radius 2 is 1.92 bits per heavy atom. The number of piperidine rings is 2. The Morgan fingerprint density at radius 1 is 1.17 bits per heavy atom. The average molecular weight is 186 g/mol. The van der Waals surface area contributed by atoms with Gasteiger partial charge in [0.15, 0.2) is 0 Å².